The Morgan fingerprint density at radius 2 is 2.16 bits per heavy atom. The van der Waals surface area contributed by atoms with Crippen LogP contribution in [0, 0.1) is 21.8 Å². The van der Waals surface area contributed by atoms with Gasteiger partial charge >= 0.3 is 0 Å². The summed E-state index contributed by atoms with van der Waals surface area (Å²) in [5.74, 6) is -1.26. The van der Waals surface area contributed by atoms with Gasteiger partial charge in [0.2, 0.25) is 0 Å². The Morgan fingerprint density at radius 3 is 2.68 bits per heavy atom. The summed E-state index contributed by atoms with van der Waals surface area (Å²) in [5.41, 5.74) is 5.01. The Hall–Kier alpha value is -2.02. The van der Waals surface area contributed by atoms with E-state index < -0.39 is 22.3 Å². The van der Waals surface area contributed by atoms with Gasteiger partial charge in [0.05, 0.1) is 4.92 Å². The van der Waals surface area contributed by atoms with E-state index in [-0.39, 0.29) is 24.1 Å². The summed E-state index contributed by atoms with van der Waals surface area (Å²) >= 11 is 0. The van der Waals surface area contributed by atoms with Crippen molar-refractivity contribution in [3.05, 3.63) is 39.7 Å². The lowest BCUT2D eigenvalue weighted by Gasteiger charge is -2.16. The second-order valence-electron chi connectivity index (χ2n) is 4.54. The fraction of sp³-hybridized carbons (Fsp3) is 0.417. The van der Waals surface area contributed by atoms with E-state index in [2.05, 4.69) is 5.32 Å². The molecule has 1 rings (SSSR count). The van der Waals surface area contributed by atoms with Gasteiger partial charge in [0.15, 0.2) is 0 Å². The first-order valence-corrected chi connectivity index (χ1v) is 5.80. The minimum atomic E-state index is -0.725. The number of rotatable bonds is 5. The molecule has 19 heavy (non-hydrogen) atoms. The highest BCUT2D eigenvalue weighted by Gasteiger charge is 2.21. The molecule has 7 heteroatoms. The maximum absolute atomic E-state index is 13.1. The standard InChI is InChI=1S/C12H16FN3O3/c1-7(2)10(14)6-15-12(17)9-5-8(13)3-4-11(9)16(18)19/h3-5,7,10H,6,14H2,1-2H3,(H,15,17). The zero-order valence-electron chi connectivity index (χ0n) is 10.7. The van der Waals surface area contributed by atoms with E-state index in [0.29, 0.717) is 0 Å². The highest BCUT2D eigenvalue weighted by molar-refractivity contribution is 5.98. The molecule has 0 radical (unpaired) electrons. The van der Waals surface area contributed by atoms with E-state index in [1.165, 1.54) is 0 Å². The van der Waals surface area contributed by atoms with Crippen LogP contribution in [0.5, 0.6) is 0 Å². The van der Waals surface area contributed by atoms with Crippen LogP contribution in [0.1, 0.15) is 24.2 Å². The number of nitro groups is 1. The molecule has 1 aromatic carbocycles. The van der Waals surface area contributed by atoms with Crippen LogP contribution < -0.4 is 11.1 Å². The fourth-order valence-corrected chi connectivity index (χ4v) is 1.39. The molecule has 0 fully saturated rings. The smallest absolute Gasteiger partial charge is 0.282 e. The van der Waals surface area contributed by atoms with Crippen molar-refractivity contribution in [3.63, 3.8) is 0 Å². The topological polar surface area (TPSA) is 98.3 Å². The summed E-state index contributed by atoms with van der Waals surface area (Å²) in [7, 11) is 0. The normalized spacial score (nSPS) is 12.3. The summed E-state index contributed by atoms with van der Waals surface area (Å²) in [5, 5.41) is 13.2. The van der Waals surface area contributed by atoms with Crippen LogP contribution in [-0.4, -0.2) is 23.4 Å². The Balaban J connectivity index is 2.87. The third-order valence-corrected chi connectivity index (χ3v) is 2.75. The number of halogens is 1. The van der Waals surface area contributed by atoms with Gasteiger partial charge in [0.25, 0.3) is 11.6 Å². The maximum Gasteiger partial charge on any atom is 0.282 e. The molecule has 0 aliphatic heterocycles. The van der Waals surface area contributed by atoms with Crippen LogP contribution in [0.3, 0.4) is 0 Å². The van der Waals surface area contributed by atoms with Gasteiger partial charge in [-0.2, -0.15) is 0 Å². The third-order valence-electron chi connectivity index (χ3n) is 2.75. The molecule has 0 saturated heterocycles. The first-order valence-electron chi connectivity index (χ1n) is 5.80. The minimum Gasteiger partial charge on any atom is -0.350 e. The average molecular weight is 269 g/mol. The molecule has 6 nitrogen and oxygen atoms in total. The lowest BCUT2D eigenvalue weighted by Crippen LogP contribution is -2.40. The van der Waals surface area contributed by atoms with Gasteiger partial charge in [0, 0.05) is 18.7 Å². The summed E-state index contributed by atoms with van der Waals surface area (Å²) in [6.07, 6.45) is 0. The lowest BCUT2D eigenvalue weighted by atomic mass is 10.1. The molecule has 0 aliphatic carbocycles. The van der Waals surface area contributed by atoms with Crippen LogP contribution in [0.25, 0.3) is 0 Å². The van der Waals surface area contributed by atoms with Gasteiger partial charge in [-0.25, -0.2) is 4.39 Å². The van der Waals surface area contributed by atoms with Crippen molar-refractivity contribution >= 4 is 11.6 Å². The van der Waals surface area contributed by atoms with Gasteiger partial charge in [0.1, 0.15) is 11.4 Å². The number of nitro benzene ring substituents is 1. The zero-order chi connectivity index (χ0) is 14.6. The van der Waals surface area contributed by atoms with E-state index in [1.807, 2.05) is 13.8 Å². The van der Waals surface area contributed by atoms with E-state index in [9.17, 15) is 19.3 Å². The van der Waals surface area contributed by atoms with Crippen molar-refractivity contribution in [2.24, 2.45) is 11.7 Å². The fourth-order valence-electron chi connectivity index (χ4n) is 1.39. The highest BCUT2D eigenvalue weighted by Crippen LogP contribution is 2.19. The minimum absolute atomic E-state index is 0.155. The highest BCUT2D eigenvalue weighted by atomic mass is 19.1. The van der Waals surface area contributed by atoms with Gasteiger partial charge in [-0.15, -0.1) is 0 Å². The molecule has 1 aromatic rings. The number of carbonyl (C=O) groups excluding carboxylic acids is 1. The Morgan fingerprint density at radius 1 is 1.53 bits per heavy atom. The van der Waals surface area contributed by atoms with E-state index in [0.717, 1.165) is 18.2 Å². The lowest BCUT2D eigenvalue weighted by molar-refractivity contribution is -0.385. The van der Waals surface area contributed by atoms with Crippen molar-refractivity contribution in [3.8, 4) is 0 Å². The first kappa shape index (κ1) is 15.0. The molecule has 0 aromatic heterocycles. The largest absolute Gasteiger partial charge is 0.350 e. The number of nitrogens with one attached hydrogen (secondary N) is 1. The van der Waals surface area contributed by atoms with Crippen molar-refractivity contribution in [2.45, 2.75) is 19.9 Å². The van der Waals surface area contributed by atoms with Crippen molar-refractivity contribution in [1.29, 1.82) is 0 Å². The predicted octanol–water partition coefficient (Wildman–Crippen LogP) is 1.45. The van der Waals surface area contributed by atoms with Crippen molar-refractivity contribution < 1.29 is 14.1 Å². The second kappa shape index (κ2) is 6.24. The summed E-state index contributed by atoms with van der Waals surface area (Å²) < 4.78 is 13.1. The predicted molar refractivity (Wildman–Crippen MR) is 68.2 cm³/mol. The van der Waals surface area contributed by atoms with Crippen LogP contribution in [-0.2, 0) is 0 Å². The molecule has 3 N–H and O–H groups in total. The number of hydrogen-bond donors (Lipinski definition) is 2. The summed E-state index contributed by atoms with van der Waals surface area (Å²) in [6, 6.07) is 2.48. The first-order chi connectivity index (χ1) is 8.82. The molecule has 0 saturated carbocycles. The Bertz CT molecular complexity index is 491. The van der Waals surface area contributed by atoms with Gasteiger partial charge in [-0.3, -0.25) is 14.9 Å². The van der Waals surface area contributed by atoms with Crippen molar-refractivity contribution in [2.75, 3.05) is 6.54 Å². The van der Waals surface area contributed by atoms with Gasteiger partial charge in [-0.1, -0.05) is 13.8 Å². The third kappa shape index (κ3) is 3.99. The number of nitrogens with two attached hydrogens (primary N) is 1. The Labute approximate surface area is 109 Å². The molecule has 1 amide bonds. The molecule has 0 bridgehead atoms. The van der Waals surface area contributed by atoms with Crippen LogP contribution in [0.2, 0.25) is 0 Å². The molecule has 0 heterocycles. The molecule has 1 unspecified atom stereocenters. The number of carbonyl (C=O) groups is 1. The second-order valence-corrected chi connectivity index (χ2v) is 4.54. The molecule has 0 aliphatic rings. The Kier molecular flexibility index (Phi) is 4.94. The number of hydrogen-bond acceptors (Lipinski definition) is 4. The van der Waals surface area contributed by atoms with Crippen LogP contribution in [0.4, 0.5) is 10.1 Å². The van der Waals surface area contributed by atoms with Crippen molar-refractivity contribution in [1.82, 2.24) is 5.32 Å². The van der Waals surface area contributed by atoms with E-state index in [1.54, 1.807) is 0 Å². The molecular formula is C12H16FN3O3. The quantitative estimate of drug-likeness (QED) is 0.624. The SMILES string of the molecule is CC(C)C(N)CNC(=O)c1cc(F)ccc1[N+](=O)[O-]. The van der Waals surface area contributed by atoms with Gasteiger partial charge < -0.3 is 11.1 Å². The zero-order valence-corrected chi connectivity index (χ0v) is 10.7. The summed E-state index contributed by atoms with van der Waals surface area (Å²) in [4.78, 5) is 21.8. The number of amides is 1. The average Bonchev–Trinajstić information content (AvgIpc) is 2.34. The molecular weight excluding hydrogens is 253 g/mol. The molecule has 1 atom stereocenters. The van der Waals surface area contributed by atoms with Gasteiger partial charge in [-0.05, 0) is 18.1 Å². The monoisotopic (exact) mass is 269 g/mol. The molecule has 0 spiro atoms. The molecule has 104 valence electrons. The van der Waals surface area contributed by atoms with E-state index >= 15 is 0 Å². The van der Waals surface area contributed by atoms with Crippen LogP contribution >= 0.6 is 0 Å². The van der Waals surface area contributed by atoms with Crippen LogP contribution in [0.15, 0.2) is 18.2 Å². The number of nitrogens with zero attached hydrogens (tertiary/aromatic N) is 1. The van der Waals surface area contributed by atoms with E-state index in [4.69, 9.17) is 5.73 Å². The maximum atomic E-state index is 13.1. The summed E-state index contributed by atoms with van der Waals surface area (Å²) in [6.45, 7) is 3.95. The number of benzene rings is 1.